The van der Waals surface area contributed by atoms with Crippen LogP contribution in [0.25, 0.3) is 0 Å². The second-order valence-corrected chi connectivity index (χ2v) is 6.75. The molecule has 1 unspecified atom stereocenters. The van der Waals surface area contributed by atoms with E-state index in [0.717, 1.165) is 18.7 Å². The first-order chi connectivity index (χ1) is 12.1. The standard InChI is InChI=1S/C19H20Cl2N2O2/c20-15-5-3-4-14(12-15)19(24)22-13-18(23-8-10-25-11-9-23)16-6-1-2-7-17(16)21/h1-7,12,18H,8-11,13H2,(H,22,24). The third-order valence-electron chi connectivity index (χ3n) is 4.29. The predicted octanol–water partition coefficient (Wildman–Crippen LogP) is 3.80. The summed E-state index contributed by atoms with van der Waals surface area (Å²) in [6.07, 6.45) is 0. The molecular formula is C19H20Cl2N2O2. The van der Waals surface area contributed by atoms with Gasteiger partial charge in [0.25, 0.3) is 5.91 Å². The third-order valence-corrected chi connectivity index (χ3v) is 4.87. The molecule has 1 aliphatic heterocycles. The Morgan fingerprint density at radius 2 is 1.88 bits per heavy atom. The van der Waals surface area contributed by atoms with Crippen LogP contribution in [0, 0.1) is 0 Å². The maximum absolute atomic E-state index is 12.5. The molecule has 6 heteroatoms. The molecule has 1 amide bonds. The van der Waals surface area contributed by atoms with Crippen molar-refractivity contribution in [1.29, 1.82) is 0 Å². The number of nitrogens with zero attached hydrogens (tertiary/aromatic N) is 1. The van der Waals surface area contributed by atoms with E-state index in [4.69, 9.17) is 27.9 Å². The van der Waals surface area contributed by atoms with Gasteiger partial charge in [0.05, 0.1) is 19.3 Å². The van der Waals surface area contributed by atoms with E-state index >= 15 is 0 Å². The molecule has 25 heavy (non-hydrogen) atoms. The van der Waals surface area contributed by atoms with Crippen molar-refractivity contribution in [1.82, 2.24) is 10.2 Å². The van der Waals surface area contributed by atoms with E-state index in [-0.39, 0.29) is 11.9 Å². The van der Waals surface area contributed by atoms with Crippen molar-refractivity contribution in [2.75, 3.05) is 32.8 Å². The van der Waals surface area contributed by atoms with Gasteiger partial charge in [-0.2, -0.15) is 0 Å². The Bertz CT molecular complexity index is 733. The van der Waals surface area contributed by atoms with Crippen LogP contribution in [0.15, 0.2) is 48.5 Å². The molecule has 1 N–H and O–H groups in total. The number of carbonyl (C=O) groups is 1. The van der Waals surface area contributed by atoms with Gasteiger partial charge in [-0.1, -0.05) is 47.5 Å². The van der Waals surface area contributed by atoms with E-state index in [0.29, 0.717) is 35.4 Å². The van der Waals surface area contributed by atoms with Crippen molar-refractivity contribution < 1.29 is 9.53 Å². The van der Waals surface area contributed by atoms with Crippen molar-refractivity contribution in [2.24, 2.45) is 0 Å². The van der Waals surface area contributed by atoms with Gasteiger partial charge >= 0.3 is 0 Å². The summed E-state index contributed by atoms with van der Waals surface area (Å²) in [5, 5.41) is 4.26. The van der Waals surface area contributed by atoms with Gasteiger partial charge in [-0.3, -0.25) is 9.69 Å². The zero-order valence-corrected chi connectivity index (χ0v) is 15.3. The fourth-order valence-corrected chi connectivity index (χ4v) is 3.44. The highest BCUT2D eigenvalue weighted by molar-refractivity contribution is 6.31. The lowest BCUT2D eigenvalue weighted by Gasteiger charge is -2.35. The van der Waals surface area contributed by atoms with Crippen LogP contribution in [0.2, 0.25) is 10.0 Å². The summed E-state index contributed by atoms with van der Waals surface area (Å²) in [5.41, 5.74) is 1.56. The van der Waals surface area contributed by atoms with Crippen LogP contribution in [-0.2, 0) is 4.74 Å². The number of hydrogen-bond acceptors (Lipinski definition) is 3. The number of amides is 1. The molecule has 0 aliphatic carbocycles. The SMILES string of the molecule is O=C(NCC(c1ccccc1Cl)N1CCOCC1)c1cccc(Cl)c1. The molecule has 132 valence electrons. The second-order valence-electron chi connectivity index (χ2n) is 5.91. The first-order valence-corrected chi connectivity index (χ1v) is 9.01. The fraction of sp³-hybridized carbons (Fsp3) is 0.316. The first-order valence-electron chi connectivity index (χ1n) is 8.25. The van der Waals surface area contributed by atoms with Crippen molar-refractivity contribution in [2.45, 2.75) is 6.04 Å². The van der Waals surface area contributed by atoms with Crippen LogP contribution < -0.4 is 5.32 Å². The number of hydrogen-bond donors (Lipinski definition) is 1. The Morgan fingerprint density at radius 3 is 2.60 bits per heavy atom. The molecule has 0 radical (unpaired) electrons. The van der Waals surface area contributed by atoms with Gasteiger partial charge in [0, 0.05) is 35.2 Å². The molecule has 1 saturated heterocycles. The summed E-state index contributed by atoms with van der Waals surface area (Å²) in [4.78, 5) is 14.7. The maximum atomic E-state index is 12.5. The smallest absolute Gasteiger partial charge is 0.251 e. The van der Waals surface area contributed by atoms with Crippen LogP contribution in [0.3, 0.4) is 0 Å². The number of ether oxygens (including phenoxy) is 1. The monoisotopic (exact) mass is 378 g/mol. The van der Waals surface area contributed by atoms with Crippen LogP contribution in [-0.4, -0.2) is 43.7 Å². The summed E-state index contributed by atoms with van der Waals surface area (Å²) in [7, 11) is 0. The number of carbonyl (C=O) groups excluding carboxylic acids is 1. The molecule has 3 rings (SSSR count). The van der Waals surface area contributed by atoms with Crippen LogP contribution in [0.4, 0.5) is 0 Å². The minimum atomic E-state index is -0.146. The molecule has 2 aromatic carbocycles. The van der Waals surface area contributed by atoms with E-state index in [1.54, 1.807) is 24.3 Å². The molecule has 0 saturated carbocycles. The highest BCUT2D eigenvalue weighted by Gasteiger charge is 2.25. The number of rotatable bonds is 5. The lowest BCUT2D eigenvalue weighted by atomic mass is 10.0. The highest BCUT2D eigenvalue weighted by atomic mass is 35.5. The summed E-state index contributed by atoms with van der Waals surface area (Å²) < 4.78 is 5.45. The zero-order chi connectivity index (χ0) is 17.6. The Hall–Kier alpha value is -1.59. The molecule has 1 aliphatic rings. The van der Waals surface area contributed by atoms with Gasteiger partial charge < -0.3 is 10.1 Å². The third kappa shape index (κ3) is 4.73. The zero-order valence-electron chi connectivity index (χ0n) is 13.8. The van der Waals surface area contributed by atoms with Gasteiger partial charge in [0.15, 0.2) is 0 Å². The summed E-state index contributed by atoms with van der Waals surface area (Å²) in [5.74, 6) is -0.146. The van der Waals surface area contributed by atoms with Gasteiger partial charge in [-0.15, -0.1) is 0 Å². The Labute approximate surface area is 157 Å². The molecule has 0 spiro atoms. The Morgan fingerprint density at radius 1 is 1.12 bits per heavy atom. The van der Waals surface area contributed by atoms with Crippen LogP contribution in [0.1, 0.15) is 22.0 Å². The number of benzene rings is 2. The van der Waals surface area contributed by atoms with Gasteiger partial charge in [-0.05, 0) is 29.8 Å². The largest absolute Gasteiger partial charge is 0.379 e. The average molecular weight is 379 g/mol. The average Bonchev–Trinajstić information content (AvgIpc) is 2.64. The molecule has 1 atom stereocenters. The molecule has 4 nitrogen and oxygen atoms in total. The Balaban J connectivity index is 1.75. The second kappa shape index (κ2) is 8.68. The molecule has 2 aromatic rings. The lowest BCUT2D eigenvalue weighted by molar-refractivity contribution is 0.0162. The van der Waals surface area contributed by atoms with Crippen LogP contribution in [0.5, 0.6) is 0 Å². The quantitative estimate of drug-likeness (QED) is 0.860. The van der Waals surface area contributed by atoms with E-state index in [2.05, 4.69) is 10.2 Å². The fourth-order valence-electron chi connectivity index (χ4n) is 2.99. The molecule has 1 heterocycles. The van der Waals surface area contributed by atoms with Crippen molar-refractivity contribution in [3.8, 4) is 0 Å². The van der Waals surface area contributed by atoms with Crippen LogP contribution >= 0.6 is 23.2 Å². The van der Waals surface area contributed by atoms with E-state index in [1.807, 2.05) is 24.3 Å². The van der Waals surface area contributed by atoms with E-state index < -0.39 is 0 Å². The van der Waals surface area contributed by atoms with Gasteiger partial charge in [-0.25, -0.2) is 0 Å². The molecular weight excluding hydrogens is 359 g/mol. The summed E-state index contributed by atoms with van der Waals surface area (Å²) in [6, 6.07) is 14.7. The topological polar surface area (TPSA) is 41.6 Å². The Kier molecular flexibility index (Phi) is 6.32. The minimum Gasteiger partial charge on any atom is -0.379 e. The predicted molar refractivity (Wildman–Crippen MR) is 100 cm³/mol. The molecule has 0 bridgehead atoms. The molecule has 1 fully saturated rings. The minimum absolute atomic E-state index is 0.000680. The van der Waals surface area contributed by atoms with E-state index in [9.17, 15) is 4.79 Å². The van der Waals surface area contributed by atoms with Gasteiger partial charge in [0.1, 0.15) is 0 Å². The number of nitrogens with one attached hydrogen (secondary N) is 1. The van der Waals surface area contributed by atoms with Crippen molar-refractivity contribution in [3.63, 3.8) is 0 Å². The van der Waals surface area contributed by atoms with Crippen molar-refractivity contribution >= 4 is 29.1 Å². The number of halogens is 2. The van der Waals surface area contributed by atoms with Gasteiger partial charge in [0.2, 0.25) is 0 Å². The maximum Gasteiger partial charge on any atom is 0.251 e. The lowest BCUT2D eigenvalue weighted by Crippen LogP contribution is -2.44. The van der Waals surface area contributed by atoms with E-state index in [1.165, 1.54) is 0 Å². The summed E-state index contributed by atoms with van der Waals surface area (Å²) in [6.45, 7) is 3.45. The van der Waals surface area contributed by atoms with Crippen molar-refractivity contribution in [3.05, 3.63) is 69.7 Å². The normalized spacial score (nSPS) is 16.4. The summed E-state index contributed by atoms with van der Waals surface area (Å²) >= 11 is 12.4. The highest BCUT2D eigenvalue weighted by Crippen LogP contribution is 2.27. The molecule has 0 aromatic heterocycles. The first kappa shape index (κ1) is 18.2. The number of morpholine rings is 1.